The number of hydrogen-bond acceptors (Lipinski definition) is 3. The molecule has 0 aliphatic rings. The smallest absolute Gasteiger partial charge is 0.143 e. The van der Waals surface area contributed by atoms with E-state index in [4.69, 9.17) is 13.3 Å². The summed E-state index contributed by atoms with van der Waals surface area (Å²) < 4.78 is 19.8. The molecule has 0 aliphatic carbocycles. The summed E-state index contributed by atoms with van der Waals surface area (Å²) in [5.74, 6) is 0. The van der Waals surface area contributed by atoms with Gasteiger partial charge in [-0.3, -0.25) is 0 Å². The van der Waals surface area contributed by atoms with Gasteiger partial charge in [0, 0.05) is 43.1 Å². The highest BCUT2D eigenvalue weighted by Crippen LogP contribution is 2.54. The van der Waals surface area contributed by atoms with Crippen molar-refractivity contribution in [2.45, 2.75) is 0 Å². The van der Waals surface area contributed by atoms with Crippen LogP contribution in [-0.4, -0.2) is 0 Å². The van der Waals surface area contributed by atoms with Crippen LogP contribution in [0, 0.1) is 0 Å². The second-order valence-electron chi connectivity index (χ2n) is 36.0. The first kappa shape index (κ1) is 76.1. The first-order valence-electron chi connectivity index (χ1n) is 46.6. The maximum atomic E-state index is 6.67. The molecule has 624 valence electrons. The number of rotatable bonds is 7. The molecule has 0 bridgehead atoms. The fourth-order valence-electron chi connectivity index (χ4n) is 23.1. The van der Waals surface area contributed by atoms with Crippen LogP contribution in [0.5, 0.6) is 0 Å². The van der Waals surface area contributed by atoms with Gasteiger partial charge in [-0.05, 0) is 266 Å². The van der Waals surface area contributed by atoms with Crippen molar-refractivity contribution in [3.8, 4) is 77.9 Å². The fraction of sp³-hybridized carbons (Fsp3) is 0. The predicted octanol–water partition coefficient (Wildman–Crippen LogP) is 38.0. The van der Waals surface area contributed by atoms with Gasteiger partial charge < -0.3 is 13.3 Å². The molecular weight excluding hydrogens is 1630 g/mol. The summed E-state index contributed by atoms with van der Waals surface area (Å²) in [4.78, 5) is 0. The zero-order chi connectivity index (χ0) is 88.5. The van der Waals surface area contributed by atoms with Crippen LogP contribution < -0.4 is 0 Å². The monoisotopic (exact) mass is 1710 g/mol. The second kappa shape index (κ2) is 30.4. The highest BCUT2D eigenvalue weighted by molar-refractivity contribution is 6.35. The summed E-state index contributed by atoms with van der Waals surface area (Å²) in [7, 11) is 0. The third kappa shape index (κ3) is 11.8. The number of fused-ring (bicyclic) bond motifs is 26. The molecular formula is C132H78O3. The van der Waals surface area contributed by atoms with E-state index >= 15 is 0 Å². The Morgan fingerprint density at radius 3 is 0.889 bits per heavy atom. The summed E-state index contributed by atoms with van der Waals surface area (Å²) in [6.07, 6.45) is 0. The van der Waals surface area contributed by atoms with Crippen molar-refractivity contribution in [2.75, 3.05) is 0 Å². The molecule has 3 aromatic heterocycles. The van der Waals surface area contributed by atoms with Crippen molar-refractivity contribution in [3.63, 3.8) is 0 Å². The van der Waals surface area contributed by atoms with Crippen LogP contribution in [-0.2, 0) is 0 Å². The Hall–Kier alpha value is -17.8. The number of benzene rings is 27. The summed E-state index contributed by atoms with van der Waals surface area (Å²) in [5, 5.41) is 42.0. The van der Waals surface area contributed by atoms with Crippen LogP contribution in [0.2, 0.25) is 0 Å². The molecule has 0 N–H and O–H groups in total. The van der Waals surface area contributed by atoms with Crippen molar-refractivity contribution in [1.29, 1.82) is 0 Å². The lowest BCUT2D eigenvalue weighted by Crippen LogP contribution is -1.92. The summed E-state index contributed by atoms with van der Waals surface area (Å²) in [6, 6.07) is 172. The first-order valence-corrected chi connectivity index (χ1v) is 46.6. The van der Waals surface area contributed by atoms with E-state index in [9.17, 15) is 0 Å². The van der Waals surface area contributed by atoms with Gasteiger partial charge in [0.25, 0.3) is 0 Å². The average molecular weight is 1710 g/mol. The van der Waals surface area contributed by atoms with Crippen molar-refractivity contribution in [3.05, 3.63) is 473 Å². The minimum atomic E-state index is 0.910. The van der Waals surface area contributed by atoms with Crippen molar-refractivity contribution in [1.82, 2.24) is 0 Å². The van der Waals surface area contributed by atoms with E-state index in [-0.39, 0.29) is 0 Å². The lowest BCUT2D eigenvalue weighted by atomic mass is 9.83. The summed E-state index contributed by atoms with van der Waals surface area (Å²) in [5.41, 5.74) is 22.9. The standard InChI is InChI=1S/C46H26O.C46H28O.C40H24O/c1-2-9-31-25-42-40(24-30(31)8-1)33-21-20-32(26-41(33)47-42)44-34-12-3-5-14-36(34)46(37-15-6-4-13-35(37)44)39-23-19-29-17-16-27-10-7-11-28-18-22-38(39)45(29)43(27)28;1-2-14-29(15-3-1)31-16-4-7-19-34(31)44-38-23-11-9-21-36(38)43(37-22-10-12-24-39(37)44)30-26-27-42-41(28-30)45-35-20-8-5-17-32(35)33-18-6-13-25-40(33)46(45)47-42;1-2-12-25(13-3-1)37-30-17-7-9-19-32(30)38(33-20-10-8-18-31(33)37)26-22-23-36-35(24-26)39-29-16-6-4-14-27(29)28-15-5-11-21-34(28)40(39)41-36/h1-26H;1-28H;1-24H. The predicted molar refractivity (Wildman–Crippen MR) is 575 cm³/mol. The SMILES string of the molecule is c1ccc(-c2c3ccccc3c(-c3ccc4oc5c6ccccc6c6ccccc6c5c4c3)c3ccccc23)cc1.c1ccc(-c2ccccc2-c2c3ccccc3c(-c3ccc4oc5c6ccccc6c6ccccc6c5c4c3)c3ccccc23)cc1.c1ccc2cc3c(cc2c1)oc1cc(-c2c4ccccc4c(-c4ccc5ccc6cccc7ccc4c5c67)c4ccccc24)ccc13. The highest BCUT2D eigenvalue weighted by atomic mass is 16.3. The fourth-order valence-corrected chi connectivity index (χ4v) is 23.1. The Kier molecular flexibility index (Phi) is 17.2. The molecule has 3 heterocycles. The van der Waals surface area contributed by atoms with Gasteiger partial charge in [0.05, 0.1) is 0 Å². The quantitative estimate of drug-likeness (QED) is 0.118. The van der Waals surface area contributed by atoms with E-state index in [1.807, 2.05) is 0 Å². The van der Waals surface area contributed by atoms with E-state index in [1.54, 1.807) is 0 Å². The zero-order valence-corrected chi connectivity index (χ0v) is 73.3. The lowest BCUT2D eigenvalue weighted by Gasteiger charge is -2.20. The van der Waals surface area contributed by atoms with Gasteiger partial charge in [0.2, 0.25) is 0 Å². The van der Waals surface area contributed by atoms with Gasteiger partial charge in [0.15, 0.2) is 0 Å². The van der Waals surface area contributed by atoms with Gasteiger partial charge in [-0.25, -0.2) is 0 Å². The molecule has 0 fully saturated rings. The van der Waals surface area contributed by atoms with E-state index < -0.39 is 0 Å². The van der Waals surface area contributed by atoms with Gasteiger partial charge in [-0.15, -0.1) is 0 Å². The Morgan fingerprint density at radius 1 is 0.111 bits per heavy atom. The molecule has 30 aromatic rings. The number of furan rings is 3. The van der Waals surface area contributed by atoms with Crippen molar-refractivity contribution >= 4 is 217 Å². The Labute approximate surface area is 775 Å². The third-order valence-electron chi connectivity index (χ3n) is 28.8. The van der Waals surface area contributed by atoms with E-state index in [1.165, 1.54) is 223 Å². The van der Waals surface area contributed by atoms with Crippen LogP contribution in [0.3, 0.4) is 0 Å². The molecule has 0 amide bonds. The number of hydrogen-bond donors (Lipinski definition) is 0. The first-order chi connectivity index (χ1) is 67.0. The maximum Gasteiger partial charge on any atom is 0.143 e. The maximum absolute atomic E-state index is 6.67. The normalized spacial score (nSPS) is 12.0. The lowest BCUT2D eigenvalue weighted by molar-refractivity contribution is 0.669. The summed E-state index contributed by atoms with van der Waals surface area (Å²) in [6.45, 7) is 0. The van der Waals surface area contributed by atoms with E-state index in [2.05, 4.69) is 473 Å². The Morgan fingerprint density at radius 2 is 0.422 bits per heavy atom. The Bertz CT molecular complexity index is 10000. The van der Waals surface area contributed by atoms with Crippen LogP contribution >= 0.6 is 0 Å². The van der Waals surface area contributed by atoms with Gasteiger partial charge in [0.1, 0.15) is 33.5 Å². The zero-order valence-electron chi connectivity index (χ0n) is 73.3. The molecule has 0 saturated carbocycles. The molecule has 135 heavy (non-hydrogen) atoms. The molecule has 0 radical (unpaired) electrons. The van der Waals surface area contributed by atoms with Gasteiger partial charge in [-0.1, -0.05) is 425 Å². The summed E-state index contributed by atoms with van der Waals surface area (Å²) >= 11 is 0. The average Bonchev–Trinajstić information content (AvgIpc) is 1.03. The third-order valence-corrected chi connectivity index (χ3v) is 28.8. The largest absolute Gasteiger partial charge is 0.456 e. The molecule has 0 spiro atoms. The van der Waals surface area contributed by atoms with E-state index in [0.29, 0.717) is 0 Å². The van der Waals surface area contributed by atoms with Gasteiger partial charge in [-0.2, -0.15) is 0 Å². The van der Waals surface area contributed by atoms with Gasteiger partial charge >= 0.3 is 0 Å². The van der Waals surface area contributed by atoms with Crippen molar-refractivity contribution < 1.29 is 13.3 Å². The molecule has 0 saturated heterocycles. The van der Waals surface area contributed by atoms with Crippen LogP contribution in [0.1, 0.15) is 0 Å². The van der Waals surface area contributed by atoms with E-state index in [0.717, 1.165) is 71.4 Å². The molecule has 0 aliphatic heterocycles. The van der Waals surface area contributed by atoms with Crippen LogP contribution in [0.15, 0.2) is 486 Å². The molecule has 0 atom stereocenters. The second-order valence-corrected chi connectivity index (χ2v) is 36.0. The highest BCUT2D eigenvalue weighted by Gasteiger charge is 2.27. The minimum absolute atomic E-state index is 0.910. The van der Waals surface area contributed by atoms with Crippen LogP contribution in [0.4, 0.5) is 0 Å². The molecule has 3 nitrogen and oxygen atoms in total. The minimum Gasteiger partial charge on any atom is -0.456 e. The van der Waals surface area contributed by atoms with Crippen LogP contribution in [0.25, 0.3) is 295 Å². The molecule has 0 unspecified atom stereocenters. The van der Waals surface area contributed by atoms with Crippen molar-refractivity contribution in [2.24, 2.45) is 0 Å². The molecule has 27 aromatic carbocycles. The molecule has 3 heteroatoms. The Balaban J connectivity index is 0.000000101. The topological polar surface area (TPSA) is 39.4 Å². The molecule has 30 rings (SSSR count).